The van der Waals surface area contributed by atoms with Gasteiger partial charge in [0.05, 0.1) is 17.3 Å². The van der Waals surface area contributed by atoms with Crippen LogP contribution in [-0.2, 0) is 28.3 Å². The van der Waals surface area contributed by atoms with Gasteiger partial charge in [0.1, 0.15) is 5.82 Å². The van der Waals surface area contributed by atoms with Gasteiger partial charge in [0.2, 0.25) is 15.9 Å². The van der Waals surface area contributed by atoms with Crippen molar-refractivity contribution in [2.75, 3.05) is 6.26 Å². The van der Waals surface area contributed by atoms with E-state index in [4.69, 9.17) is 0 Å². The van der Waals surface area contributed by atoms with Crippen molar-refractivity contribution in [3.8, 4) is 11.1 Å². The zero-order valence-electron chi connectivity index (χ0n) is 15.0. The maximum absolute atomic E-state index is 11.7. The Hall–Kier alpha value is -2.67. The number of hydrogen-bond donors (Lipinski definition) is 1. The summed E-state index contributed by atoms with van der Waals surface area (Å²) in [6.07, 6.45) is 1.40. The number of benzene rings is 2. The summed E-state index contributed by atoms with van der Waals surface area (Å²) < 4.78 is 26.2. The topological polar surface area (TPSA) is 81.1 Å². The maximum Gasteiger partial charge on any atom is 0.233 e. The number of amides is 1. The second-order valence-corrected chi connectivity index (χ2v) is 8.16. The lowest BCUT2D eigenvalue weighted by atomic mass is 10.0. The minimum Gasteiger partial charge on any atom is -0.331 e. The molecule has 0 unspecified atom stereocenters. The van der Waals surface area contributed by atoms with Crippen molar-refractivity contribution in [1.82, 2.24) is 14.3 Å². The molecule has 1 amide bonds. The summed E-state index contributed by atoms with van der Waals surface area (Å²) in [5, 5.41) is 0. The summed E-state index contributed by atoms with van der Waals surface area (Å²) in [6, 6.07) is 14.3. The van der Waals surface area contributed by atoms with Crippen molar-refractivity contribution >= 4 is 27.0 Å². The summed E-state index contributed by atoms with van der Waals surface area (Å²) >= 11 is 0. The zero-order chi connectivity index (χ0) is 18.9. The molecule has 1 aromatic heterocycles. The van der Waals surface area contributed by atoms with E-state index in [-0.39, 0.29) is 6.42 Å². The van der Waals surface area contributed by atoms with Crippen molar-refractivity contribution < 1.29 is 13.2 Å². The molecule has 0 atom stereocenters. The lowest BCUT2D eigenvalue weighted by Gasteiger charge is -2.06. The van der Waals surface area contributed by atoms with Gasteiger partial charge in [-0.2, -0.15) is 0 Å². The van der Waals surface area contributed by atoms with Gasteiger partial charge in [-0.1, -0.05) is 30.3 Å². The number of carbonyl (C=O) groups excluding carboxylic acids is 1. The van der Waals surface area contributed by atoms with Crippen molar-refractivity contribution in [2.45, 2.75) is 19.8 Å². The molecule has 0 aliphatic carbocycles. The minimum atomic E-state index is -3.53. The molecule has 0 aliphatic heterocycles. The van der Waals surface area contributed by atoms with E-state index >= 15 is 0 Å². The Balaban J connectivity index is 1.91. The molecule has 6 nitrogen and oxygen atoms in total. The molecule has 1 N–H and O–H groups in total. The third-order valence-corrected chi connectivity index (χ3v) is 4.85. The standard InChI is InChI=1S/C19H21N3O3S/c1-13-11-15(14-7-5-4-6-8-14)12-16-19(13)20-17(22(16)2)9-10-18(23)21-26(3,24)25/h4-8,11-12H,9-10H2,1-3H3,(H,21,23). The van der Waals surface area contributed by atoms with Gasteiger partial charge < -0.3 is 4.57 Å². The quantitative estimate of drug-likeness (QED) is 0.747. The van der Waals surface area contributed by atoms with E-state index in [1.807, 2.05) is 41.5 Å². The molecular formula is C19H21N3O3S. The van der Waals surface area contributed by atoms with E-state index < -0.39 is 15.9 Å². The van der Waals surface area contributed by atoms with Crippen LogP contribution in [-0.4, -0.2) is 30.1 Å². The molecule has 0 saturated carbocycles. The fourth-order valence-corrected chi connectivity index (χ4v) is 3.52. The summed E-state index contributed by atoms with van der Waals surface area (Å²) in [6.45, 7) is 2.02. The third kappa shape index (κ3) is 3.94. The van der Waals surface area contributed by atoms with Crippen molar-refractivity contribution in [2.24, 2.45) is 7.05 Å². The lowest BCUT2D eigenvalue weighted by molar-refractivity contribution is -0.119. The van der Waals surface area contributed by atoms with Crippen LogP contribution in [0.2, 0.25) is 0 Å². The first-order valence-electron chi connectivity index (χ1n) is 8.26. The number of rotatable bonds is 5. The number of carbonyl (C=O) groups is 1. The van der Waals surface area contributed by atoms with Crippen LogP contribution in [0.5, 0.6) is 0 Å². The van der Waals surface area contributed by atoms with Gasteiger partial charge in [-0.05, 0) is 35.7 Å². The maximum atomic E-state index is 11.7. The molecular weight excluding hydrogens is 350 g/mol. The van der Waals surface area contributed by atoms with Gasteiger partial charge in [0.15, 0.2) is 0 Å². The van der Waals surface area contributed by atoms with Gasteiger partial charge in [-0.3, -0.25) is 9.52 Å². The number of nitrogens with zero attached hydrogens (tertiary/aromatic N) is 2. The van der Waals surface area contributed by atoms with Gasteiger partial charge >= 0.3 is 0 Å². The SMILES string of the molecule is Cc1cc(-c2ccccc2)cc2c1nc(CCC(=O)NS(C)(=O)=O)n2C. The molecule has 0 saturated heterocycles. The van der Waals surface area contributed by atoms with E-state index in [1.54, 1.807) is 0 Å². The molecule has 3 aromatic rings. The molecule has 0 spiro atoms. The monoisotopic (exact) mass is 371 g/mol. The average Bonchev–Trinajstić information content (AvgIpc) is 2.89. The molecule has 26 heavy (non-hydrogen) atoms. The third-order valence-electron chi connectivity index (χ3n) is 4.25. The summed E-state index contributed by atoms with van der Waals surface area (Å²) in [7, 11) is -1.62. The van der Waals surface area contributed by atoms with Gasteiger partial charge in [-0.25, -0.2) is 13.4 Å². The number of imidazole rings is 1. The first kappa shape index (κ1) is 18.1. The van der Waals surface area contributed by atoms with Gasteiger partial charge in [-0.15, -0.1) is 0 Å². The van der Waals surface area contributed by atoms with Crippen LogP contribution in [0.4, 0.5) is 0 Å². The van der Waals surface area contributed by atoms with Crippen LogP contribution in [0.1, 0.15) is 17.8 Å². The highest BCUT2D eigenvalue weighted by atomic mass is 32.2. The second kappa shape index (κ2) is 6.92. The Bertz CT molecular complexity index is 1070. The van der Waals surface area contributed by atoms with Gasteiger partial charge in [0.25, 0.3) is 0 Å². The molecule has 2 aromatic carbocycles. The van der Waals surface area contributed by atoms with Crippen LogP contribution < -0.4 is 4.72 Å². The number of nitrogens with one attached hydrogen (secondary N) is 1. The molecule has 1 heterocycles. The van der Waals surface area contributed by atoms with Crippen LogP contribution >= 0.6 is 0 Å². The van der Waals surface area contributed by atoms with Crippen LogP contribution in [0.3, 0.4) is 0 Å². The first-order valence-corrected chi connectivity index (χ1v) is 10.2. The smallest absolute Gasteiger partial charge is 0.233 e. The summed E-state index contributed by atoms with van der Waals surface area (Å²) in [4.78, 5) is 16.4. The Kier molecular flexibility index (Phi) is 4.82. The fourth-order valence-electron chi connectivity index (χ4n) is 3.01. The summed E-state index contributed by atoms with van der Waals surface area (Å²) in [5.74, 6) is 0.221. The number of sulfonamides is 1. The highest BCUT2D eigenvalue weighted by Gasteiger charge is 2.14. The van der Waals surface area contributed by atoms with E-state index in [0.717, 1.165) is 39.8 Å². The predicted octanol–water partition coefficient (Wildman–Crippen LogP) is 2.56. The Morgan fingerprint density at radius 3 is 2.50 bits per heavy atom. The number of aromatic nitrogens is 2. The van der Waals surface area contributed by atoms with Crippen LogP contribution in [0.15, 0.2) is 42.5 Å². The van der Waals surface area contributed by atoms with E-state index in [2.05, 4.69) is 29.2 Å². The first-order chi connectivity index (χ1) is 12.2. The van der Waals surface area contributed by atoms with E-state index in [0.29, 0.717) is 6.42 Å². The lowest BCUT2D eigenvalue weighted by Crippen LogP contribution is -2.29. The molecule has 0 aliphatic rings. The van der Waals surface area contributed by atoms with Crippen molar-refractivity contribution in [3.63, 3.8) is 0 Å². The van der Waals surface area contributed by atoms with Crippen LogP contribution in [0, 0.1) is 6.92 Å². The zero-order valence-corrected chi connectivity index (χ0v) is 15.8. The van der Waals surface area contributed by atoms with Crippen LogP contribution in [0.25, 0.3) is 22.2 Å². The average molecular weight is 371 g/mol. The highest BCUT2D eigenvalue weighted by Crippen LogP contribution is 2.27. The fraction of sp³-hybridized carbons (Fsp3) is 0.263. The predicted molar refractivity (Wildman–Crippen MR) is 102 cm³/mol. The molecule has 0 radical (unpaired) electrons. The number of fused-ring (bicyclic) bond motifs is 1. The normalized spacial score (nSPS) is 11.7. The number of hydrogen-bond acceptors (Lipinski definition) is 4. The van der Waals surface area contributed by atoms with E-state index in [1.165, 1.54) is 0 Å². The molecule has 0 bridgehead atoms. The Morgan fingerprint density at radius 2 is 1.85 bits per heavy atom. The van der Waals surface area contributed by atoms with E-state index in [9.17, 15) is 13.2 Å². The molecule has 3 rings (SSSR count). The number of aryl methyl sites for hydroxylation is 3. The molecule has 0 fully saturated rings. The molecule has 136 valence electrons. The van der Waals surface area contributed by atoms with Crippen molar-refractivity contribution in [3.05, 3.63) is 53.9 Å². The minimum absolute atomic E-state index is 0.0643. The Labute approximate surface area is 152 Å². The molecule has 7 heteroatoms. The van der Waals surface area contributed by atoms with Crippen molar-refractivity contribution in [1.29, 1.82) is 0 Å². The van der Waals surface area contributed by atoms with Gasteiger partial charge in [0, 0.05) is 19.9 Å². The summed E-state index contributed by atoms with van der Waals surface area (Å²) in [5.41, 5.74) is 5.18. The Morgan fingerprint density at radius 1 is 1.15 bits per heavy atom. The second-order valence-electron chi connectivity index (χ2n) is 6.41. The largest absolute Gasteiger partial charge is 0.331 e. The highest BCUT2D eigenvalue weighted by molar-refractivity contribution is 7.89.